The van der Waals surface area contributed by atoms with E-state index in [0.29, 0.717) is 13.0 Å². The molecule has 1 fully saturated rings. The van der Waals surface area contributed by atoms with Gasteiger partial charge in [0.25, 0.3) is 0 Å². The minimum atomic E-state index is 0.132. The number of Topliss-reactive ketones (excluding diaryl/α,β-unsaturated/α-hetero) is 1. The van der Waals surface area contributed by atoms with Crippen LogP contribution < -0.4 is 4.74 Å². The molecule has 0 atom stereocenters. The van der Waals surface area contributed by atoms with Gasteiger partial charge in [0.2, 0.25) is 0 Å². The highest BCUT2D eigenvalue weighted by atomic mass is 16.5. The van der Waals surface area contributed by atoms with Gasteiger partial charge in [-0.2, -0.15) is 0 Å². The molecule has 0 amide bonds. The Morgan fingerprint density at radius 2 is 1.81 bits per heavy atom. The maximum absolute atomic E-state index is 12.8. The minimum Gasteiger partial charge on any atom is -0.494 e. The lowest BCUT2D eigenvalue weighted by atomic mass is 10.1. The summed E-state index contributed by atoms with van der Waals surface area (Å²) in [5.41, 5.74) is 3.83. The fourth-order valence-corrected chi connectivity index (χ4v) is 4.00. The molecule has 3 heteroatoms. The number of likely N-dealkylation sites (tertiary alicyclic amines) is 1. The maximum atomic E-state index is 12.8. The third kappa shape index (κ3) is 4.48. The second-order valence-corrected chi connectivity index (χ2v) is 7.51. The number of carbonyl (C=O) groups is 1. The zero-order chi connectivity index (χ0) is 18.5. The van der Waals surface area contributed by atoms with Gasteiger partial charge in [-0.3, -0.25) is 4.79 Å². The quantitative estimate of drug-likeness (QED) is 0.549. The van der Waals surface area contributed by atoms with Crippen molar-refractivity contribution in [3.8, 4) is 5.75 Å². The highest BCUT2D eigenvalue weighted by Crippen LogP contribution is 2.30. The molecule has 0 unspecified atom stereocenters. The van der Waals surface area contributed by atoms with Crippen LogP contribution in [-0.2, 0) is 6.42 Å². The van der Waals surface area contributed by atoms with Crippen LogP contribution in [0.5, 0.6) is 5.75 Å². The third-order valence-corrected chi connectivity index (χ3v) is 5.48. The summed E-state index contributed by atoms with van der Waals surface area (Å²) in [6, 6.07) is 16.0. The standard InChI is InChI=1S/C24H27NO2/c26-24-21(16-19-8-3-1-4-9-19)17-20-10-11-22(18-23(20)24)27-15-7-14-25-12-5-2-6-13-25/h1,3-4,8-11,16,18H,2,5-7,12-15,17H2/b21-16+. The number of benzene rings is 2. The van der Waals surface area contributed by atoms with Gasteiger partial charge in [0, 0.05) is 24.1 Å². The molecule has 0 bridgehead atoms. The number of nitrogens with zero attached hydrogens (tertiary/aromatic N) is 1. The topological polar surface area (TPSA) is 29.5 Å². The molecule has 1 aliphatic carbocycles. The summed E-state index contributed by atoms with van der Waals surface area (Å²) >= 11 is 0. The molecule has 1 saturated heterocycles. The van der Waals surface area contributed by atoms with Crippen molar-refractivity contribution in [2.45, 2.75) is 32.1 Å². The summed E-state index contributed by atoms with van der Waals surface area (Å²) in [5, 5.41) is 0. The summed E-state index contributed by atoms with van der Waals surface area (Å²) in [7, 11) is 0. The summed E-state index contributed by atoms with van der Waals surface area (Å²) in [4.78, 5) is 15.3. The molecule has 2 aromatic rings. The molecule has 0 spiro atoms. The van der Waals surface area contributed by atoms with E-state index in [9.17, 15) is 4.79 Å². The van der Waals surface area contributed by atoms with Crippen LogP contribution in [0.25, 0.3) is 6.08 Å². The Morgan fingerprint density at radius 3 is 2.63 bits per heavy atom. The van der Waals surface area contributed by atoms with E-state index in [1.165, 1.54) is 32.4 Å². The molecule has 140 valence electrons. The first-order valence-corrected chi connectivity index (χ1v) is 10.1. The number of fused-ring (bicyclic) bond motifs is 1. The van der Waals surface area contributed by atoms with Crippen molar-refractivity contribution < 1.29 is 9.53 Å². The van der Waals surface area contributed by atoms with Crippen LogP contribution >= 0.6 is 0 Å². The lowest BCUT2D eigenvalue weighted by Gasteiger charge is -2.26. The first-order valence-electron chi connectivity index (χ1n) is 10.1. The molecule has 1 aliphatic heterocycles. The molecule has 3 nitrogen and oxygen atoms in total. The average Bonchev–Trinajstić information content (AvgIpc) is 3.02. The van der Waals surface area contributed by atoms with E-state index in [1.54, 1.807) is 0 Å². The average molecular weight is 361 g/mol. The fraction of sp³-hybridized carbons (Fsp3) is 0.375. The summed E-state index contributed by atoms with van der Waals surface area (Å²) in [6.45, 7) is 4.26. The maximum Gasteiger partial charge on any atom is 0.189 e. The zero-order valence-corrected chi connectivity index (χ0v) is 15.8. The number of ether oxygens (including phenoxy) is 1. The fourth-order valence-electron chi connectivity index (χ4n) is 4.00. The highest BCUT2D eigenvalue weighted by Gasteiger charge is 2.25. The Bertz CT molecular complexity index is 820. The zero-order valence-electron chi connectivity index (χ0n) is 15.8. The second kappa shape index (κ2) is 8.53. The minimum absolute atomic E-state index is 0.132. The summed E-state index contributed by atoms with van der Waals surface area (Å²) in [5.74, 6) is 0.939. The highest BCUT2D eigenvalue weighted by molar-refractivity contribution is 6.15. The number of hydrogen-bond acceptors (Lipinski definition) is 3. The van der Waals surface area contributed by atoms with Crippen LogP contribution in [0.15, 0.2) is 54.1 Å². The Morgan fingerprint density at radius 1 is 1.00 bits per heavy atom. The van der Waals surface area contributed by atoms with E-state index in [-0.39, 0.29) is 5.78 Å². The molecule has 2 aromatic carbocycles. The van der Waals surface area contributed by atoms with Crippen LogP contribution in [-0.4, -0.2) is 36.9 Å². The molecular formula is C24H27NO2. The second-order valence-electron chi connectivity index (χ2n) is 7.51. The van der Waals surface area contributed by atoms with Gasteiger partial charge in [-0.15, -0.1) is 0 Å². The first-order chi connectivity index (χ1) is 13.3. The molecule has 27 heavy (non-hydrogen) atoms. The van der Waals surface area contributed by atoms with Crippen molar-refractivity contribution in [2.75, 3.05) is 26.2 Å². The summed E-state index contributed by atoms with van der Waals surface area (Å²) < 4.78 is 5.93. The molecule has 0 N–H and O–H groups in total. The normalized spacial score (nSPS) is 18.7. The number of piperidine rings is 1. The van der Waals surface area contributed by atoms with Gasteiger partial charge in [0.15, 0.2) is 5.78 Å². The van der Waals surface area contributed by atoms with E-state index in [2.05, 4.69) is 4.90 Å². The molecule has 0 saturated carbocycles. The van der Waals surface area contributed by atoms with Crippen molar-refractivity contribution in [1.82, 2.24) is 4.90 Å². The number of hydrogen-bond donors (Lipinski definition) is 0. The Kier molecular flexibility index (Phi) is 5.69. The van der Waals surface area contributed by atoms with Gasteiger partial charge in [-0.05, 0) is 61.7 Å². The van der Waals surface area contributed by atoms with E-state index in [1.807, 2.05) is 54.6 Å². The number of allylic oxidation sites excluding steroid dienone is 1. The largest absolute Gasteiger partial charge is 0.494 e. The van der Waals surface area contributed by atoms with E-state index in [0.717, 1.165) is 41.0 Å². The third-order valence-electron chi connectivity index (χ3n) is 5.48. The van der Waals surface area contributed by atoms with E-state index < -0.39 is 0 Å². The van der Waals surface area contributed by atoms with Crippen LogP contribution in [0.4, 0.5) is 0 Å². The van der Waals surface area contributed by atoms with Gasteiger partial charge in [0.1, 0.15) is 5.75 Å². The predicted molar refractivity (Wildman–Crippen MR) is 109 cm³/mol. The predicted octanol–water partition coefficient (Wildman–Crippen LogP) is 4.76. The lowest BCUT2D eigenvalue weighted by molar-refractivity contribution is 0.104. The lowest BCUT2D eigenvalue weighted by Crippen LogP contribution is -2.31. The van der Waals surface area contributed by atoms with Crippen molar-refractivity contribution in [3.05, 3.63) is 70.8 Å². The van der Waals surface area contributed by atoms with E-state index in [4.69, 9.17) is 4.74 Å². The molecule has 2 aliphatic rings. The Labute approximate surface area is 161 Å². The number of carbonyl (C=O) groups excluding carboxylic acids is 1. The van der Waals surface area contributed by atoms with Crippen molar-refractivity contribution in [3.63, 3.8) is 0 Å². The SMILES string of the molecule is O=C1/C(=C/c2ccccc2)Cc2ccc(OCCCN3CCCCC3)cc21. The van der Waals surface area contributed by atoms with Gasteiger partial charge < -0.3 is 9.64 Å². The Hall–Kier alpha value is -2.39. The van der Waals surface area contributed by atoms with Crippen molar-refractivity contribution >= 4 is 11.9 Å². The molecular weight excluding hydrogens is 334 g/mol. The van der Waals surface area contributed by atoms with Crippen LogP contribution in [0.3, 0.4) is 0 Å². The van der Waals surface area contributed by atoms with Crippen LogP contribution in [0, 0.1) is 0 Å². The van der Waals surface area contributed by atoms with Gasteiger partial charge in [0.05, 0.1) is 6.61 Å². The molecule has 1 heterocycles. The van der Waals surface area contributed by atoms with Crippen LogP contribution in [0.1, 0.15) is 47.2 Å². The first kappa shape index (κ1) is 18.0. The van der Waals surface area contributed by atoms with Crippen molar-refractivity contribution in [2.24, 2.45) is 0 Å². The van der Waals surface area contributed by atoms with Crippen molar-refractivity contribution in [1.29, 1.82) is 0 Å². The van der Waals surface area contributed by atoms with Crippen LogP contribution in [0.2, 0.25) is 0 Å². The van der Waals surface area contributed by atoms with E-state index >= 15 is 0 Å². The number of ketones is 1. The smallest absolute Gasteiger partial charge is 0.189 e. The van der Waals surface area contributed by atoms with Gasteiger partial charge in [-0.25, -0.2) is 0 Å². The summed E-state index contributed by atoms with van der Waals surface area (Å²) in [6.07, 6.45) is 7.76. The number of rotatable bonds is 6. The van der Waals surface area contributed by atoms with Gasteiger partial charge in [-0.1, -0.05) is 42.8 Å². The molecule has 4 rings (SSSR count). The monoisotopic (exact) mass is 361 g/mol. The van der Waals surface area contributed by atoms with Gasteiger partial charge >= 0.3 is 0 Å². The molecule has 0 radical (unpaired) electrons. The Balaban J connectivity index is 1.34. The molecule has 0 aromatic heterocycles.